The molecule has 0 radical (unpaired) electrons. The highest BCUT2D eigenvalue weighted by Gasteiger charge is 2.33. The molecular weight excluding hydrogens is 432 g/mol. The zero-order valence-corrected chi connectivity index (χ0v) is 17.0. The van der Waals surface area contributed by atoms with E-state index in [2.05, 4.69) is 24.9 Å². The minimum atomic E-state index is -4.61. The van der Waals surface area contributed by atoms with E-state index in [0.717, 1.165) is 18.5 Å². The third-order valence-electron chi connectivity index (χ3n) is 4.39. The van der Waals surface area contributed by atoms with Crippen LogP contribution in [-0.2, 0) is 6.18 Å². The van der Waals surface area contributed by atoms with E-state index in [1.165, 1.54) is 17.3 Å². The van der Waals surface area contributed by atoms with Crippen molar-refractivity contribution >= 4 is 5.91 Å². The maximum atomic E-state index is 13.9. The van der Waals surface area contributed by atoms with Gasteiger partial charge in [0.15, 0.2) is 11.5 Å². The molecule has 8 nitrogen and oxygen atoms in total. The van der Waals surface area contributed by atoms with E-state index < -0.39 is 29.6 Å². The summed E-state index contributed by atoms with van der Waals surface area (Å²) in [6.07, 6.45) is 0.724. The van der Waals surface area contributed by atoms with Crippen LogP contribution in [0.15, 0.2) is 43.1 Å². The van der Waals surface area contributed by atoms with E-state index in [1.54, 1.807) is 19.9 Å². The normalized spacial score (nSPS) is 12.3. The number of amides is 1. The molecular formula is C20H18F4N6O2. The Bertz CT molecular complexity index is 1060. The zero-order chi connectivity index (χ0) is 23.3. The van der Waals surface area contributed by atoms with Crippen molar-refractivity contribution in [2.75, 3.05) is 13.2 Å². The Balaban J connectivity index is 1.77. The van der Waals surface area contributed by atoms with Gasteiger partial charge in [-0.15, -0.1) is 0 Å². The molecule has 0 bridgehead atoms. The molecule has 3 aromatic heterocycles. The van der Waals surface area contributed by atoms with Gasteiger partial charge >= 0.3 is 6.18 Å². The van der Waals surface area contributed by atoms with Crippen LogP contribution in [0, 0.1) is 5.82 Å². The van der Waals surface area contributed by atoms with Gasteiger partial charge in [-0.25, -0.2) is 29.3 Å². The average Bonchev–Trinajstić information content (AvgIpc) is 2.78. The average molecular weight is 450 g/mol. The van der Waals surface area contributed by atoms with Gasteiger partial charge < -0.3 is 9.64 Å². The largest absolute Gasteiger partial charge is 0.474 e. The fourth-order valence-corrected chi connectivity index (χ4v) is 2.85. The molecule has 0 spiro atoms. The van der Waals surface area contributed by atoms with E-state index in [9.17, 15) is 22.4 Å². The van der Waals surface area contributed by atoms with Crippen molar-refractivity contribution in [2.45, 2.75) is 26.1 Å². The van der Waals surface area contributed by atoms with Gasteiger partial charge in [-0.2, -0.15) is 13.2 Å². The number of nitrogens with zero attached hydrogens (tertiary/aromatic N) is 6. The highest BCUT2D eigenvalue weighted by Crippen LogP contribution is 2.27. The smallest absolute Gasteiger partial charge is 0.434 e. The van der Waals surface area contributed by atoms with Gasteiger partial charge in [0.25, 0.3) is 5.91 Å². The van der Waals surface area contributed by atoms with E-state index in [4.69, 9.17) is 4.74 Å². The number of rotatable bonds is 7. The number of carbonyl (C=O) groups excluding carboxylic acids is 1. The van der Waals surface area contributed by atoms with Crippen LogP contribution in [0.1, 0.15) is 29.9 Å². The minimum absolute atomic E-state index is 0.0285. The second-order valence-electron chi connectivity index (χ2n) is 6.61. The summed E-state index contributed by atoms with van der Waals surface area (Å²) in [5.74, 6) is -1.19. The van der Waals surface area contributed by atoms with Gasteiger partial charge in [0.2, 0.25) is 5.88 Å². The molecule has 0 N–H and O–H groups in total. The lowest BCUT2D eigenvalue weighted by atomic mass is 10.1. The summed E-state index contributed by atoms with van der Waals surface area (Å²) < 4.78 is 57.0. The number of ether oxygens (including phenoxy) is 1. The van der Waals surface area contributed by atoms with Crippen LogP contribution >= 0.6 is 0 Å². The molecule has 12 heteroatoms. The first-order valence-electron chi connectivity index (χ1n) is 9.46. The topological polar surface area (TPSA) is 94.0 Å². The van der Waals surface area contributed by atoms with Crippen molar-refractivity contribution in [2.24, 2.45) is 0 Å². The first-order valence-corrected chi connectivity index (χ1v) is 9.46. The molecule has 0 aliphatic heterocycles. The summed E-state index contributed by atoms with van der Waals surface area (Å²) >= 11 is 0. The number of likely N-dealkylation sites (N-methyl/N-ethyl adjacent to an activating group) is 1. The van der Waals surface area contributed by atoms with E-state index in [0.29, 0.717) is 6.20 Å². The number of hydrogen-bond acceptors (Lipinski definition) is 7. The second kappa shape index (κ2) is 9.62. The van der Waals surface area contributed by atoms with Crippen molar-refractivity contribution in [3.8, 4) is 17.4 Å². The van der Waals surface area contributed by atoms with Gasteiger partial charge in [0.1, 0.15) is 18.1 Å². The predicted molar refractivity (Wildman–Crippen MR) is 104 cm³/mol. The van der Waals surface area contributed by atoms with Gasteiger partial charge in [0, 0.05) is 18.9 Å². The van der Waals surface area contributed by atoms with Gasteiger partial charge in [-0.1, -0.05) is 0 Å². The SMILES string of the molecule is CCN(C(=O)c1cc(F)cnc1-c1ncccn1)[C@@H](C)COc1cnc(C(F)(F)F)cn1. The van der Waals surface area contributed by atoms with Crippen LogP contribution in [0.2, 0.25) is 0 Å². The summed E-state index contributed by atoms with van der Waals surface area (Å²) in [7, 11) is 0. The van der Waals surface area contributed by atoms with E-state index in [1.807, 2.05) is 0 Å². The Morgan fingerprint density at radius 1 is 1.09 bits per heavy atom. The maximum Gasteiger partial charge on any atom is 0.434 e. The summed E-state index contributed by atoms with van der Waals surface area (Å²) in [6.45, 7) is 3.55. The molecule has 3 rings (SSSR count). The van der Waals surface area contributed by atoms with Crippen molar-refractivity contribution in [1.29, 1.82) is 0 Å². The molecule has 0 saturated carbocycles. The molecule has 168 valence electrons. The van der Waals surface area contributed by atoms with Crippen LogP contribution in [0.4, 0.5) is 17.6 Å². The van der Waals surface area contributed by atoms with Crippen molar-refractivity contribution < 1.29 is 27.1 Å². The Hall–Kier alpha value is -3.70. The van der Waals surface area contributed by atoms with Crippen molar-refractivity contribution in [1.82, 2.24) is 29.8 Å². The van der Waals surface area contributed by atoms with Crippen LogP contribution in [0.3, 0.4) is 0 Å². The summed E-state index contributed by atoms with van der Waals surface area (Å²) in [6, 6.07) is 2.11. The molecule has 3 aromatic rings. The van der Waals surface area contributed by atoms with E-state index in [-0.39, 0.29) is 36.1 Å². The first kappa shape index (κ1) is 23.0. The molecule has 3 heterocycles. The molecule has 0 fully saturated rings. The fraction of sp³-hybridized carbons (Fsp3) is 0.300. The summed E-state index contributed by atoms with van der Waals surface area (Å²) in [5, 5.41) is 0. The third kappa shape index (κ3) is 5.31. The van der Waals surface area contributed by atoms with Crippen LogP contribution in [0.5, 0.6) is 5.88 Å². The Morgan fingerprint density at radius 2 is 1.81 bits per heavy atom. The number of hydrogen-bond donors (Lipinski definition) is 0. The number of halogens is 4. The summed E-state index contributed by atoms with van der Waals surface area (Å²) in [5.41, 5.74) is -1.05. The molecule has 1 atom stereocenters. The number of aromatic nitrogens is 5. The Kier molecular flexibility index (Phi) is 6.91. The zero-order valence-electron chi connectivity index (χ0n) is 17.0. The number of alkyl halides is 3. The minimum Gasteiger partial charge on any atom is -0.474 e. The monoisotopic (exact) mass is 450 g/mol. The fourth-order valence-electron chi connectivity index (χ4n) is 2.85. The van der Waals surface area contributed by atoms with Gasteiger partial charge in [0.05, 0.1) is 30.2 Å². The van der Waals surface area contributed by atoms with Crippen LogP contribution in [-0.4, -0.2) is 54.9 Å². The highest BCUT2D eigenvalue weighted by molar-refractivity contribution is 5.99. The van der Waals surface area contributed by atoms with Crippen molar-refractivity contribution in [3.63, 3.8) is 0 Å². The van der Waals surface area contributed by atoms with Gasteiger partial charge in [-0.05, 0) is 26.0 Å². The lowest BCUT2D eigenvalue weighted by Crippen LogP contribution is -2.42. The molecule has 0 aliphatic carbocycles. The third-order valence-corrected chi connectivity index (χ3v) is 4.39. The molecule has 32 heavy (non-hydrogen) atoms. The molecule has 0 unspecified atom stereocenters. The maximum absolute atomic E-state index is 13.9. The number of pyridine rings is 1. The number of carbonyl (C=O) groups is 1. The standard InChI is InChI=1S/C20H18F4N6O2/c1-3-30(12(2)11-32-16-10-27-15(9-28-16)20(22,23)24)19(31)14-7-13(21)8-29-17(14)18-25-5-4-6-26-18/h4-10,12H,3,11H2,1-2H3/t12-/m0/s1. The lowest BCUT2D eigenvalue weighted by Gasteiger charge is -2.28. The first-order chi connectivity index (χ1) is 15.2. The molecule has 0 aliphatic rings. The van der Waals surface area contributed by atoms with Crippen molar-refractivity contribution in [3.05, 3.63) is 60.2 Å². The Labute approximate surface area is 180 Å². The lowest BCUT2D eigenvalue weighted by molar-refractivity contribution is -0.141. The summed E-state index contributed by atoms with van der Waals surface area (Å²) in [4.78, 5) is 33.6. The molecule has 1 amide bonds. The molecule has 0 saturated heterocycles. The van der Waals surface area contributed by atoms with Crippen LogP contribution in [0.25, 0.3) is 11.5 Å². The quantitative estimate of drug-likeness (QED) is 0.509. The van der Waals surface area contributed by atoms with Gasteiger partial charge in [-0.3, -0.25) is 4.79 Å². The second-order valence-corrected chi connectivity index (χ2v) is 6.61. The Morgan fingerprint density at radius 3 is 2.41 bits per heavy atom. The highest BCUT2D eigenvalue weighted by atomic mass is 19.4. The van der Waals surface area contributed by atoms with Crippen LogP contribution < -0.4 is 4.74 Å². The predicted octanol–water partition coefficient (Wildman–Crippen LogP) is 3.42. The molecule has 0 aromatic carbocycles. The van der Waals surface area contributed by atoms with E-state index >= 15 is 0 Å².